The van der Waals surface area contributed by atoms with Gasteiger partial charge in [-0.15, -0.1) is 0 Å². The van der Waals surface area contributed by atoms with Crippen LogP contribution in [0.1, 0.15) is 47.8 Å². The smallest absolute Gasteiger partial charge is 0.411 e. The summed E-state index contributed by atoms with van der Waals surface area (Å²) >= 11 is 0. The molecule has 0 fully saturated rings. The van der Waals surface area contributed by atoms with Gasteiger partial charge in [-0.2, -0.15) is 5.10 Å². The Hall–Kier alpha value is -4.14. The maximum Gasteiger partial charge on any atom is 0.411 e. The molecule has 1 atom stereocenters. The molecule has 2 aromatic carbocycles. The van der Waals surface area contributed by atoms with Crippen LogP contribution in [-0.4, -0.2) is 45.5 Å². The highest BCUT2D eigenvalue weighted by atomic mass is 16.5. The molecule has 0 bridgehead atoms. The van der Waals surface area contributed by atoms with Crippen molar-refractivity contribution in [2.75, 3.05) is 11.9 Å². The fourth-order valence-electron chi connectivity index (χ4n) is 4.42. The van der Waals surface area contributed by atoms with E-state index in [4.69, 9.17) is 9.84 Å². The second kappa shape index (κ2) is 10.0. The summed E-state index contributed by atoms with van der Waals surface area (Å²) in [7, 11) is 1.57. The van der Waals surface area contributed by atoms with Crippen molar-refractivity contribution in [1.29, 1.82) is 0 Å². The van der Waals surface area contributed by atoms with Gasteiger partial charge in [0.25, 0.3) is 5.91 Å². The van der Waals surface area contributed by atoms with Crippen molar-refractivity contribution in [3.63, 3.8) is 0 Å². The highest BCUT2D eigenvalue weighted by Crippen LogP contribution is 2.44. The van der Waals surface area contributed by atoms with Gasteiger partial charge in [0.15, 0.2) is 0 Å². The van der Waals surface area contributed by atoms with Gasteiger partial charge in [-0.25, -0.2) is 4.79 Å². The molecular weight excluding hydrogens is 448 g/mol. The highest BCUT2D eigenvalue weighted by molar-refractivity contribution is 6.01. The van der Waals surface area contributed by atoms with Crippen LogP contribution in [0, 0.1) is 5.92 Å². The van der Waals surface area contributed by atoms with E-state index in [2.05, 4.69) is 27.9 Å². The Morgan fingerprint density at radius 3 is 2.23 bits per heavy atom. The van der Waals surface area contributed by atoms with Gasteiger partial charge in [0.1, 0.15) is 12.3 Å². The number of rotatable bonds is 8. The van der Waals surface area contributed by atoms with E-state index in [0.717, 1.165) is 22.3 Å². The Labute approximate surface area is 203 Å². The number of aliphatic carboxylic acids is 1. The number of carboxylic acid groups (broad SMARTS) is 1. The predicted octanol–water partition coefficient (Wildman–Crippen LogP) is 4.01. The molecule has 0 aliphatic heterocycles. The molecule has 4 rings (SSSR count). The van der Waals surface area contributed by atoms with Crippen molar-refractivity contribution < 1.29 is 24.2 Å². The Kier molecular flexibility index (Phi) is 6.86. The summed E-state index contributed by atoms with van der Waals surface area (Å²) in [6.07, 6.45) is 0.439. The maximum absolute atomic E-state index is 12.9. The van der Waals surface area contributed by atoms with Crippen LogP contribution in [0.5, 0.6) is 0 Å². The predicted molar refractivity (Wildman–Crippen MR) is 130 cm³/mol. The van der Waals surface area contributed by atoms with E-state index in [-0.39, 0.29) is 36.2 Å². The molecule has 35 heavy (non-hydrogen) atoms. The molecule has 0 saturated heterocycles. The lowest BCUT2D eigenvalue weighted by molar-refractivity contribution is -0.137. The number of aromatic nitrogens is 2. The number of carbonyl (C=O) groups excluding carboxylic acids is 2. The molecule has 9 nitrogen and oxygen atoms in total. The average molecular weight is 477 g/mol. The molecule has 1 aliphatic rings. The van der Waals surface area contributed by atoms with Crippen molar-refractivity contribution in [3.8, 4) is 11.1 Å². The van der Waals surface area contributed by atoms with Gasteiger partial charge in [0.2, 0.25) is 0 Å². The third-order valence-corrected chi connectivity index (χ3v) is 6.25. The molecule has 3 aromatic rings. The zero-order chi connectivity index (χ0) is 25.1. The minimum absolute atomic E-state index is 0.0902. The molecule has 0 radical (unpaired) electrons. The van der Waals surface area contributed by atoms with Crippen LogP contribution in [0.15, 0.2) is 54.7 Å². The number of anilines is 1. The van der Waals surface area contributed by atoms with Crippen LogP contribution < -0.4 is 10.6 Å². The fourth-order valence-corrected chi connectivity index (χ4v) is 4.42. The summed E-state index contributed by atoms with van der Waals surface area (Å²) in [6, 6.07) is 15.5. The number of carboxylic acids is 1. The number of hydrogen-bond acceptors (Lipinski definition) is 5. The first kappa shape index (κ1) is 24.0. The third kappa shape index (κ3) is 5.03. The van der Waals surface area contributed by atoms with Crippen molar-refractivity contribution in [3.05, 3.63) is 71.5 Å². The van der Waals surface area contributed by atoms with Gasteiger partial charge in [-0.3, -0.25) is 19.6 Å². The Balaban J connectivity index is 1.45. The average Bonchev–Trinajstić information content (AvgIpc) is 3.34. The van der Waals surface area contributed by atoms with E-state index in [1.54, 1.807) is 7.05 Å². The second-order valence-electron chi connectivity index (χ2n) is 8.90. The van der Waals surface area contributed by atoms with E-state index < -0.39 is 24.0 Å². The molecule has 9 heteroatoms. The molecule has 3 N–H and O–H groups in total. The molecule has 0 spiro atoms. The van der Waals surface area contributed by atoms with Crippen LogP contribution >= 0.6 is 0 Å². The summed E-state index contributed by atoms with van der Waals surface area (Å²) in [5.41, 5.74) is 4.74. The number of aryl methyl sites for hydroxylation is 1. The van der Waals surface area contributed by atoms with E-state index in [1.165, 1.54) is 10.9 Å². The molecule has 0 unspecified atom stereocenters. The highest BCUT2D eigenvalue weighted by Gasteiger charge is 2.29. The van der Waals surface area contributed by atoms with Crippen molar-refractivity contribution >= 4 is 23.7 Å². The van der Waals surface area contributed by atoms with E-state index in [1.807, 2.05) is 50.2 Å². The van der Waals surface area contributed by atoms with Gasteiger partial charge in [0.05, 0.1) is 18.3 Å². The summed E-state index contributed by atoms with van der Waals surface area (Å²) in [5, 5.41) is 18.5. The summed E-state index contributed by atoms with van der Waals surface area (Å²) < 4.78 is 6.89. The van der Waals surface area contributed by atoms with Gasteiger partial charge >= 0.3 is 12.1 Å². The lowest BCUT2D eigenvalue weighted by Gasteiger charge is -2.21. The van der Waals surface area contributed by atoms with Gasteiger partial charge in [-0.05, 0) is 28.2 Å². The molecule has 2 amide bonds. The molecular formula is C26H28N4O5. The van der Waals surface area contributed by atoms with E-state index in [9.17, 15) is 14.4 Å². The minimum atomic E-state index is -1.01. The largest absolute Gasteiger partial charge is 0.481 e. The topological polar surface area (TPSA) is 123 Å². The summed E-state index contributed by atoms with van der Waals surface area (Å²) in [6.45, 7) is 3.79. The van der Waals surface area contributed by atoms with Crippen LogP contribution in [0.2, 0.25) is 0 Å². The lowest BCUT2D eigenvalue weighted by atomic mass is 9.98. The normalized spacial score (nSPS) is 13.1. The number of nitrogens with one attached hydrogen (secondary N) is 2. The number of hydrogen-bond donors (Lipinski definition) is 3. The third-order valence-electron chi connectivity index (χ3n) is 6.25. The number of benzene rings is 2. The maximum atomic E-state index is 12.9. The Morgan fingerprint density at radius 2 is 1.66 bits per heavy atom. The molecule has 1 aliphatic carbocycles. The number of fused-ring (bicyclic) bond motifs is 3. The van der Waals surface area contributed by atoms with Gasteiger partial charge < -0.3 is 15.2 Å². The first-order valence-corrected chi connectivity index (χ1v) is 11.4. The second-order valence-corrected chi connectivity index (χ2v) is 8.90. The van der Waals surface area contributed by atoms with Gasteiger partial charge in [0, 0.05) is 19.0 Å². The molecule has 0 saturated carbocycles. The number of amides is 2. The number of ether oxygens (including phenoxy) is 1. The van der Waals surface area contributed by atoms with Crippen LogP contribution in [0.4, 0.5) is 10.5 Å². The van der Waals surface area contributed by atoms with Crippen LogP contribution in [0.3, 0.4) is 0 Å². The van der Waals surface area contributed by atoms with Crippen LogP contribution in [0.25, 0.3) is 11.1 Å². The van der Waals surface area contributed by atoms with Crippen LogP contribution in [-0.2, 0) is 16.6 Å². The van der Waals surface area contributed by atoms with Crippen molar-refractivity contribution in [1.82, 2.24) is 15.1 Å². The number of nitrogens with zero attached hydrogens (tertiary/aromatic N) is 2. The fraction of sp³-hybridized carbons (Fsp3) is 0.308. The molecule has 1 heterocycles. The van der Waals surface area contributed by atoms with Crippen molar-refractivity contribution in [2.45, 2.75) is 32.2 Å². The summed E-state index contributed by atoms with van der Waals surface area (Å²) in [5.74, 6) is -1.72. The lowest BCUT2D eigenvalue weighted by Crippen LogP contribution is -2.41. The minimum Gasteiger partial charge on any atom is -0.481 e. The summed E-state index contributed by atoms with van der Waals surface area (Å²) in [4.78, 5) is 36.7. The Morgan fingerprint density at radius 1 is 1.06 bits per heavy atom. The molecule has 182 valence electrons. The van der Waals surface area contributed by atoms with E-state index >= 15 is 0 Å². The number of carbonyl (C=O) groups is 3. The Bertz CT molecular complexity index is 1220. The molecule has 1 aromatic heterocycles. The SMILES string of the molecule is CC(C)[C@H](CC(=O)O)NC(=O)c1c(NC(=O)OCC2c3ccccc3-c3ccccc32)cnn1C. The van der Waals surface area contributed by atoms with Crippen molar-refractivity contribution in [2.24, 2.45) is 13.0 Å². The first-order valence-electron chi connectivity index (χ1n) is 11.4. The monoisotopic (exact) mass is 476 g/mol. The van der Waals surface area contributed by atoms with E-state index in [0.29, 0.717) is 0 Å². The zero-order valence-corrected chi connectivity index (χ0v) is 19.8. The quantitative estimate of drug-likeness (QED) is 0.452. The zero-order valence-electron chi connectivity index (χ0n) is 19.8. The first-order chi connectivity index (χ1) is 16.8. The standard InChI is InChI=1S/C26H28N4O5/c1-15(2)21(12-23(31)32)28-25(33)24-22(13-27-30(24)3)29-26(34)35-14-20-18-10-6-4-8-16(18)17-9-5-7-11-19(17)20/h4-11,13,15,20-21H,12,14H2,1-3H3,(H,28,33)(H,29,34)(H,31,32)/t21-/m0/s1. The van der Waals surface area contributed by atoms with Gasteiger partial charge in [-0.1, -0.05) is 62.4 Å².